The topological polar surface area (TPSA) is 30.9 Å². The molecule has 0 radical (unpaired) electrons. The molecule has 122 valence electrons. The Bertz CT molecular complexity index is 633. The summed E-state index contributed by atoms with van der Waals surface area (Å²) >= 11 is 0. The fraction of sp³-hybridized carbons (Fsp3) is 0.316. The molecule has 0 heterocycles. The second-order valence-electron chi connectivity index (χ2n) is 5.94. The van der Waals surface area contributed by atoms with E-state index < -0.39 is 0 Å². The molecule has 0 unspecified atom stereocenters. The summed E-state index contributed by atoms with van der Waals surface area (Å²) in [6.07, 6.45) is 0. The lowest BCUT2D eigenvalue weighted by molar-refractivity contribution is 0.578. The Kier molecular flexibility index (Phi) is 6.03. The second kappa shape index (κ2) is 8.22. The number of anilines is 1. The van der Waals surface area contributed by atoms with E-state index in [0.717, 1.165) is 12.5 Å². The lowest BCUT2D eigenvalue weighted by atomic mass is 10.2. The predicted octanol–water partition coefficient (Wildman–Crippen LogP) is 2.96. The van der Waals surface area contributed by atoms with Crippen LogP contribution in [0.2, 0.25) is 0 Å². The molecule has 0 atom stereocenters. The van der Waals surface area contributed by atoms with Crippen molar-refractivity contribution in [1.29, 1.82) is 0 Å². The fourth-order valence-corrected chi connectivity index (χ4v) is 2.23. The first-order chi connectivity index (χ1) is 11.1. The van der Waals surface area contributed by atoms with Crippen LogP contribution in [0.25, 0.3) is 0 Å². The number of hydrogen-bond acceptors (Lipinski definition) is 2. The molecular weight excluding hydrogens is 284 g/mol. The SMILES string of the molecule is CN(C)C(=NCc1cccc(N(C)C)c1)NCc1ccccc1. The predicted molar refractivity (Wildman–Crippen MR) is 98.9 cm³/mol. The van der Waals surface area contributed by atoms with E-state index in [1.165, 1.54) is 16.8 Å². The Labute approximate surface area is 139 Å². The van der Waals surface area contributed by atoms with E-state index in [-0.39, 0.29) is 0 Å². The molecule has 4 heteroatoms. The molecule has 23 heavy (non-hydrogen) atoms. The fourth-order valence-electron chi connectivity index (χ4n) is 2.23. The van der Waals surface area contributed by atoms with Crippen LogP contribution in [-0.2, 0) is 13.1 Å². The van der Waals surface area contributed by atoms with Crippen LogP contribution in [0.4, 0.5) is 5.69 Å². The quantitative estimate of drug-likeness (QED) is 0.680. The molecule has 0 aliphatic rings. The molecule has 0 amide bonds. The van der Waals surface area contributed by atoms with Gasteiger partial charge in [0, 0.05) is 40.4 Å². The standard InChI is InChI=1S/C19H26N4/c1-22(2)18-12-8-11-17(13-18)15-21-19(23(3)4)20-14-16-9-6-5-7-10-16/h5-13H,14-15H2,1-4H3,(H,20,21). The maximum Gasteiger partial charge on any atom is 0.194 e. The zero-order valence-corrected chi connectivity index (χ0v) is 14.5. The van der Waals surface area contributed by atoms with Crippen LogP contribution in [0.15, 0.2) is 59.6 Å². The van der Waals surface area contributed by atoms with Gasteiger partial charge >= 0.3 is 0 Å². The van der Waals surface area contributed by atoms with E-state index in [1.54, 1.807) is 0 Å². The summed E-state index contributed by atoms with van der Waals surface area (Å²) in [6, 6.07) is 18.8. The van der Waals surface area contributed by atoms with Crippen LogP contribution in [0, 0.1) is 0 Å². The van der Waals surface area contributed by atoms with Crippen LogP contribution >= 0.6 is 0 Å². The number of guanidine groups is 1. The van der Waals surface area contributed by atoms with Gasteiger partial charge in [0.15, 0.2) is 5.96 Å². The van der Waals surface area contributed by atoms with Gasteiger partial charge in [0.1, 0.15) is 0 Å². The molecule has 0 bridgehead atoms. The van der Waals surface area contributed by atoms with Crippen molar-refractivity contribution in [2.45, 2.75) is 13.1 Å². The molecular formula is C19H26N4. The van der Waals surface area contributed by atoms with Gasteiger partial charge in [-0.05, 0) is 23.3 Å². The van der Waals surface area contributed by atoms with E-state index in [1.807, 2.05) is 25.1 Å². The van der Waals surface area contributed by atoms with Crippen molar-refractivity contribution in [2.24, 2.45) is 4.99 Å². The average Bonchev–Trinajstić information content (AvgIpc) is 2.55. The lowest BCUT2D eigenvalue weighted by Crippen LogP contribution is -2.36. The molecule has 1 N–H and O–H groups in total. The van der Waals surface area contributed by atoms with E-state index in [2.05, 4.69) is 72.8 Å². The summed E-state index contributed by atoms with van der Waals surface area (Å²) in [6.45, 7) is 1.44. The zero-order valence-electron chi connectivity index (χ0n) is 14.5. The van der Waals surface area contributed by atoms with Crippen molar-refractivity contribution in [3.05, 3.63) is 65.7 Å². The maximum absolute atomic E-state index is 4.72. The smallest absolute Gasteiger partial charge is 0.194 e. The van der Waals surface area contributed by atoms with Crippen LogP contribution < -0.4 is 10.2 Å². The van der Waals surface area contributed by atoms with Gasteiger partial charge in [-0.3, -0.25) is 0 Å². The second-order valence-corrected chi connectivity index (χ2v) is 5.94. The van der Waals surface area contributed by atoms with Gasteiger partial charge in [-0.2, -0.15) is 0 Å². The van der Waals surface area contributed by atoms with Gasteiger partial charge in [-0.25, -0.2) is 4.99 Å². The third kappa shape index (κ3) is 5.33. The number of rotatable bonds is 5. The number of hydrogen-bond donors (Lipinski definition) is 1. The van der Waals surface area contributed by atoms with Crippen LogP contribution in [-0.4, -0.2) is 39.1 Å². The zero-order chi connectivity index (χ0) is 16.7. The molecule has 0 fully saturated rings. The molecule has 2 aromatic rings. The Morgan fingerprint density at radius 2 is 1.61 bits per heavy atom. The molecule has 2 aromatic carbocycles. The van der Waals surface area contributed by atoms with E-state index in [4.69, 9.17) is 4.99 Å². The number of nitrogens with zero attached hydrogens (tertiary/aromatic N) is 3. The monoisotopic (exact) mass is 310 g/mol. The number of aliphatic imine (C=N–C) groups is 1. The first kappa shape index (κ1) is 16.9. The third-order valence-electron chi connectivity index (χ3n) is 3.56. The highest BCUT2D eigenvalue weighted by Crippen LogP contribution is 2.14. The Balaban J connectivity index is 2.02. The summed E-state index contributed by atoms with van der Waals surface area (Å²) < 4.78 is 0. The molecule has 0 aromatic heterocycles. The van der Waals surface area contributed by atoms with Crippen molar-refractivity contribution >= 4 is 11.6 Å². The van der Waals surface area contributed by atoms with Crippen molar-refractivity contribution in [3.63, 3.8) is 0 Å². The summed E-state index contributed by atoms with van der Waals surface area (Å²) in [5.74, 6) is 0.893. The van der Waals surface area contributed by atoms with E-state index in [9.17, 15) is 0 Å². The van der Waals surface area contributed by atoms with Crippen LogP contribution in [0.3, 0.4) is 0 Å². The minimum Gasteiger partial charge on any atom is -0.378 e. The van der Waals surface area contributed by atoms with Gasteiger partial charge in [-0.15, -0.1) is 0 Å². The summed E-state index contributed by atoms with van der Waals surface area (Å²) in [5, 5.41) is 3.41. The van der Waals surface area contributed by atoms with E-state index in [0.29, 0.717) is 6.54 Å². The summed E-state index contributed by atoms with van der Waals surface area (Å²) in [5.41, 5.74) is 3.65. The molecule has 0 aliphatic heterocycles. The third-order valence-corrected chi connectivity index (χ3v) is 3.56. The number of benzene rings is 2. The Hall–Kier alpha value is -2.49. The Morgan fingerprint density at radius 1 is 0.913 bits per heavy atom. The first-order valence-electron chi connectivity index (χ1n) is 7.82. The van der Waals surface area contributed by atoms with Gasteiger partial charge in [0.2, 0.25) is 0 Å². The highest BCUT2D eigenvalue weighted by Gasteiger charge is 2.03. The van der Waals surface area contributed by atoms with Crippen molar-refractivity contribution in [2.75, 3.05) is 33.1 Å². The maximum atomic E-state index is 4.72. The number of nitrogens with one attached hydrogen (secondary N) is 1. The largest absolute Gasteiger partial charge is 0.378 e. The summed E-state index contributed by atoms with van der Waals surface area (Å²) in [4.78, 5) is 8.84. The van der Waals surface area contributed by atoms with Gasteiger partial charge in [0.05, 0.1) is 6.54 Å². The lowest BCUT2D eigenvalue weighted by Gasteiger charge is -2.18. The van der Waals surface area contributed by atoms with Gasteiger partial charge in [0.25, 0.3) is 0 Å². The molecule has 4 nitrogen and oxygen atoms in total. The minimum atomic E-state index is 0.664. The summed E-state index contributed by atoms with van der Waals surface area (Å²) in [7, 11) is 8.12. The molecule has 0 aliphatic carbocycles. The van der Waals surface area contributed by atoms with Crippen LogP contribution in [0.5, 0.6) is 0 Å². The molecule has 2 rings (SSSR count). The highest BCUT2D eigenvalue weighted by molar-refractivity contribution is 5.79. The van der Waals surface area contributed by atoms with Crippen molar-refractivity contribution < 1.29 is 0 Å². The molecule has 0 saturated carbocycles. The van der Waals surface area contributed by atoms with E-state index >= 15 is 0 Å². The minimum absolute atomic E-state index is 0.664. The highest BCUT2D eigenvalue weighted by atomic mass is 15.3. The first-order valence-corrected chi connectivity index (χ1v) is 7.82. The van der Waals surface area contributed by atoms with Crippen molar-refractivity contribution in [3.8, 4) is 0 Å². The van der Waals surface area contributed by atoms with Gasteiger partial charge < -0.3 is 15.1 Å². The van der Waals surface area contributed by atoms with Crippen molar-refractivity contribution in [1.82, 2.24) is 10.2 Å². The van der Waals surface area contributed by atoms with Crippen LogP contribution in [0.1, 0.15) is 11.1 Å². The molecule has 0 saturated heterocycles. The molecule has 0 spiro atoms. The normalized spacial score (nSPS) is 11.2. The van der Waals surface area contributed by atoms with Gasteiger partial charge in [-0.1, -0.05) is 42.5 Å². The average molecular weight is 310 g/mol. The Morgan fingerprint density at radius 3 is 2.26 bits per heavy atom.